The summed E-state index contributed by atoms with van der Waals surface area (Å²) < 4.78 is 5.55. The average Bonchev–Trinajstić information content (AvgIpc) is 2.74. The van der Waals surface area contributed by atoms with Crippen molar-refractivity contribution in [2.24, 2.45) is 0 Å². The van der Waals surface area contributed by atoms with Crippen LogP contribution in [0.5, 0.6) is 0 Å². The van der Waals surface area contributed by atoms with E-state index in [0.717, 1.165) is 16.7 Å². The lowest BCUT2D eigenvalue weighted by molar-refractivity contribution is 0.0226. The molecular weight excluding hydrogens is 354 g/mol. The third kappa shape index (κ3) is 3.94. The molecule has 3 aromatic carbocycles. The summed E-state index contributed by atoms with van der Waals surface area (Å²) in [5, 5.41) is 0. The Morgan fingerprint density at radius 1 is 1.00 bits per heavy atom. The van der Waals surface area contributed by atoms with E-state index in [0.29, 0.717) is 17.5 Å². The molecule has 1 aliphatic heterocycles. The number of amides is 1. The summed E-state index contributed by atoms with van der Waals surface area (Å²) in [6.07, 6.45) is 0.172. The first kappa shape index (κ1) is 17.9. The number of hydrogen-bond donors (Lipinski definition) is 1. The molecule has 28 heavy (non-hydrogen) atoms. The normalized spacial score (nSPS) is 15.4. The van der Waals surface area contributed by atoms with Gasteiger partial charge in [0.2, 0.25) is 0 Å². The van der Waals surface area contributed by atoms with Gasteiger partial charge in [0.05, 0.1) is 12.2 Å². The molecule has 1 heterocycles. The molecule has 0 bridgehead atoms. The van der Waals surface area contributed by atoms with Gasteiger partial charge in [0, 0.05) is 12.0 Å². The number of benzene rings is 3. The second kappa shape index (κ2) is 8.06. The minimum absolute atomic E-state index is 0.278. The molecule has 1 amide bonds. The van der Waals surface area contributed by atoms with E-state index in [9.17, 15) is 9.59 Å². The molecule has 0 radical (unpaired) electrons. The van der Waals surface area contributed by atoms with Crippen LogP contribution >= 0.6 is 0 Å². The highest BCUT2D eigenvalue weighted by Gasteiger charge is 2.28. The molecule has 5 nitrogen and oxygen atoms in total. The number of esters is 1. The summed E-state index contributed by atoms with van der Waals surface area (Å²) >= 11 is 0. The number of hydroxylamine groups is 1. The van der Waals surface area contributed by atoms with Crippen molar-refractivity contribution in [3.8, 4) is 0 Å². The van der Waals surface area contributed by atoms with E-state index in [1.807, 2.05) is 60.7 Å². The molecule has 0 unspecified atom stereocenters. The zero-order valence-electron chi connectivity index (χ0n) is 15.1. The Bertz CT molecular complexity index is 986. The minimum Gasteiger partial charge on any atom is -0.454 e. The molecule has 0 saturated carbocycles. The van der Waals surface area contributed by atoms with Crippen molar-refractivity contribution in [3.05, 3.63) is 107 Å². The maximum atomic E-state index is 12.4. The number of ether oxygens (including phenoxy) is 1. The Hall–Kier alpha value is -3.44. The first-order chi connectivity index (χ1) is 13.7. The van der Waals surface area contributed by atoms with E-state index >= 15 is 0 Å². The molecule has 1 atom stereocenters. The predicted molar refractivity (Wildman–Crippen MR) is 103 cm³/mol. The Morgan fingerprint density at radius 2 is 1.71 bits per heavy atom. The zero-order chi connectivity index (χ0) is 19.3. The topological polar surface area (TPSA) is 64.6 Å². The molecule has 0 spiro atoms. The van der Waals surface area contributed by atoms with Crippen LogP contribution in [0.25, 0.3) is 0 Å². The number of cyclic esters (lactones) is 1. The summed E-state index contributed by atoms with van der Waals surface area (Å²) in [6, 6.07) is 24.1. The lowest BCUT2D eigenvalue weighted by Crippen LogP contribution is -2.26. The van der Waals surface area contributed by atoms with Crippen molar-refractivity contribution >= 4 is 11.9 Å². The molecule has 1 N–H and O–H groups in total. The monoisotopic (exact) mass is 373 g/mol. The molecule has 3 aromatic rings. The van der Waals surface area contributed by atoms with E-state index < -0.39 is 0 Å². The largest absolute Gasteiger partial charge is 0.454 e. The number of carbonyl (C=O) groups is 2. The fraction of sp³-hybridized carbons (Fsp3) is 0.130. The number of fused-ring (bicyclic) bond motifs is 1. The predicted octanol–water partition coefficient (Wildman–Crippen LogP) is 4.00. The van der Waals surface area contributed by atoms with E-state index in [4.69, 9.17) is 9.57 Å². The number of nitrogens with one attached hydrogen (secondary N) is 1. The minimum atomic E-state index is -0.373. The number of rotatable bonds is 5. The van der Waals surface area contributed by atoms with E-state index in [1.165, 1.54) is 0 Å². The summed E-state index contributed by atoms with van der Waals surface area (Å²) in [7, 11) is 0. The fourth-order valence-electron chi connectivity index (χ4n) is 3.21. The van der Waals surface area contributed by atoms with Crippen molar-refractivity contribution in [2.75, 3.05) is 0 Å². The summed E-state index contributed by atoms with van der Waals surface area (Å²) in [6.45, 7) is 0.278. The van der Waals surface area contributed by atoms with Crippen molar-refractivity contribution in [1.29, 1.82) is 0 Å². The SMILES string of the molecule is O=C(NOCc1ccccc1)c1ccc2c(c1)C[C@H](c1ccccc1)OC2=O. The van der Waals surface area contributed by atoms with Crippen molar-refractivity contribution in [1.82, 2.24) is 5.48 Å². The third-order valence-corrected chi connectivity index (χ3v) is 4.66. The van der Waals surface area contributed by atoms with Gasteiger partial charge in [-0.15, -0.1) is 0 Å². The lowest BCUT2D eigenvalue weighted by atomic mass is 9.93. The molecule has 4 rings (SSSR count). The van der Waals surface area contributed by atoms with Crippen LogP contribution in [0.2, 0.25) is 0 Å². The van der Waals surface area contributed by atoms with E-state index in [-0.39, 0.29) is 24.6 Å². The highest BCUT2D eigenvalue weighted by molar-refractivity contribution is 5.97. The van der Waals surface area contributed by atoms with Gasteiger partial charge in [-0.05, 0) is 34.9 Å². The maximum absolute atomic E-state index is 12.4. The molecule has 1 aliphatic rings. The maximum Gasteiger partial charge on any atom is 0.339 e. The molecule has 140 valence electrons. The smallest absolute Gasteiger partial charge is 0.339 e. The third-order valence-electron chi connectivity index (χ3n) is 4.66. The molecule has 0 saturated heterocycles. The van der Waals surface area contributed by atoms with Crippen molar-refractivity contribution in [2.45, 2.75) is 19.1 Å². The summed E-state index contributed by atoms with van der Waals surface area (Å²) in [5.41, 5.74) is 6.07. The highest BCUT2D eigenvalue weighted by atomic mass is 16.6. The van der Waals surface area contributed by atoms with Crippen molar-refractivity contribution < 1.29 is 19.2 Å². The van der Waals surface area contributed by atoms with Gasteiger partial charge in [-0.3, -0.25) is 9.63 Å². The lowest BCUT2D eigenvalue weighted by Gasteiger charge is -2.25. The Morgan fingerprint density at radius 3 is 2.46 bits per heavy atom. The van der Waals surface area contributed by atoms with Gasteiger partial charge in [0.25, 0.3) is 5.91 Å². The van der Waals surface area contributed by atoms with Gasteiger partial charge in [0.1, 0.15) is 6.10 Å². The molecule has 5 heteroatoms. The van der Waals surface area contributed by atoms with Crippen LogP contribution in [-0.4, -0.2) is 11.9 Å². The first-order valence-electron chi connectivity index (χ1n) is 9.05. The number of hydrogen-bond acceptors (Lipinski definition) is 4. The molecule has 0 fully saturated rings. The van der Waals surface area contributed by atoms with Gasteiger partial charge >= 0.3 is 5.97 Å². The van der Waals surface area contributed by atoms with Crippen LogP contribution in [0, 0.1) is 0 Å². The Balaban J connectivity index is 1.45. The van der Waals surface area contributed by atoms with E-state index in [1.54, 1.807) is 18.2 Å². The van der Waals surface area contributed by atoms with Crippen LogP contribution in [0.4, 0.5) is 0 Å². The standard InChI is InChI=1S/C23H19NO4/c25-22(24-27-15-16-7-3-1-4-8-16)18-11-12-20-19(13-18)14-21(28-23(20)26)17-9-5-2-6-10-17/h1-13,21H,14-15H2,(H,24,25)/t21-/m1/s1. The van der Waals surface area contributed by atoms with Gasteiger partial charge < -0.3 is 4.74 Å². The molecule has 0 aromatic heterocycles. The van der Waals surface area contributed by atoms with Gasteiger partial charge in [-0.2, -0.15) is 0 Å². The fourth-order valence-corrected chi connectivity index (χ4v) is 3.21. The second-order valence-electron chi connectivity index (χ2n) is 6.59. The Kier molecular flexibility index (Phi) is 5.17. The first-order valence-corrected chi connectivity index (χ1v) is 9.05. The van der Waals surface area contributed by atoms with Crippen LogP contribution in [0.15, 0.2) is 78.9 Å². The quantitative estimate of drug-likeness (QED) is 0.542. The van der Waals surface area contributed by atoms with Gasteiger partial charge in [-0.25, -0.2) is 10.3 Å². The van der Waals surface area contributed by atoms with Crippen LogP contribution in [-0.2, 0) is 22.6 Å². The Labute approximate surface area is 162 Å². The van der Waals surface area contributed by atoms with E-state index in [2.05, 4.69) is 5.48 Å². The van der Waals surface area contributed by atoms with Crippen molar-refractivity contribution in [3.63, 3.8) is 0 Å². The zero-order valence-corrected chi connectivity index (χ0v) is 15.1. The van der Waals surface area contributed by atoms with Crippen LogP contribution < -0.4 is 5.48 Å². The summed E-state index contributed by atoms with van der Waals surface area (Å²) in [5.74, 6) is -0.726. The highest BCUT2D eigenvalue weighted by Crippen LogP contribution is 2.31. The van der Waals surface area contributed by atoms with Crippen LogP contribution in [0.1, 0.15) is 43.5 Å². The average molecular weight is 373 g/mol. The number of carbonyl (C=O) groups excluding carboxylic acids is 2. The van der Waals surface area contributed by atoms with Crippen LogP contribution in [0.3, 0.4) is 0 Å². The molecular formula is C23H19NO4. The second-order valence-corrected chi connectivity index (χ2v) is 6.59. The van der Waals surface area contributed by atoms with Gasteiger partial charge in [-0.1, -0.05) is 60.7 Å². The molecule has 0 aliphatic carbocycles. The summed E-state index contributed by atoms with van der Waals surface area (Å²) in [4.78, 5) is 30.0. The van der Waals surface area contributed by atoms with Gasteiger partial charge in [0.15, 0.2) is 0 Å².